The summed E-state index contributed by atoms with van der Waals surface area (Å²) in [5.74, 6) is 3.54. The summed E-state index contributed by atoms with van der Waals surface area (Å²) in [4.78, 5) is 12.2. The highest BCUT2D eigenvalue weighted by Gasteiger charge is 2.18. The number of aryl methyl sites for hydroxylation is 2. The molecule has 1 saturated heterocycles. The molecule has 1 nitrogen and oxygen atoms in total. The van der Waals surface area contributed by atoms with E-state index in [0.717, 1.165) is 6.42 Å². The van der Waals surface area contributed by atoms with E-state index in [2.05, 4.69) is 32.0 Å². The van der Waals surface area contributed by atoms with Gasteiger partial charge >= 0.3 is 0 Å². The fourth-order valence-electron chi connectivity index (χ4n) is 2.67. The van der Waals surface area contributed by atoms with E-state index in [4.69, 9.17) is 0 Å². The summed E-state index contributed by atoms with van der Waals surface area (Å²) in [6.45, 7) is 4.21. The van der Waals surface area contributed by atoms with Gasteiger partial charge in [0.2, 0.25) is 0 Å². The normalized spacial score (nSPS) is 16.8. The first kappa shape index (κ1) is 13.7. The fourth-order valence-corrected chi connectivity index (χ4v) is 3.87. The van der Waals surface area contributed by atoms with Crippen LogP contribution in [0.15, 0.2) is 18.2 Å². The minimum absolute atomic E-state index is 0.421. The Balaban J connectivity index is 1.94. The number of benzene rings is 1. The Kier molecular flexibility index (Phi) is 4.87. The Morgan fingerprint density at radius 2 is 1.83 bits per heavy atom. The molecule has 1 aromatic carbocycles. The summed E-state index contributed by atoms with van der Waals surface area (Å²) in [6, 6.07) is 6.27. The second-order valence-electron chi connectivity index (χ2n) is 5.35. The fraction of sp³-hybridized carbons (Fsp3) is 0.562. The quantitative estimate of drug-likeness (QED) is 0.817. The molecular formula is C16H22OS. The number of Topliss-reactive ketones (excluding diaryl/α,β-unsaturated/α-hetero) is 1. The number of rotatable bonds is 4. The highest BCUT2D eigenvalue weighted by Crippen LogP contribution is 2.26. The van der Waals surface area contributed by atoms with E-state index >= 15 is 0 Å². The van der Waals surface area contributed by atoms with Gasteiger partial charge in [0.1, 0.15) is 5.78 Å². The van der Waals surface area contributed by atoms with E-state index in [0.29, 0.717) is 18.1 Å². The van der Waals surface area contributed by atoms with Crippen LogP contribution < -0.4 is 0 Å². The Labute approximate surface area is 114 Å². The van der Waals surface area contributed by atoms with Crippen LogP contribution in [0.25, 0.3) is 0 Å². The van der Waals surface area contributed by atoms with Gasteiger partial charge in [0.05, 0.1) is 0 Å². The Hall–Kier alpha value is -0.760. The molecule has 98 valence electrons. The van der Waals surface area contributed by atoms with Crippen molar-refractivity contribution >= 4 is 17.5 Å². The van der Waals surface area contributed by atoms with Crippen LogP contribution in [0.2, 0.25) is 0 Å². The topological polar surface area (TPSA) is 17.1 Å². The first-order chi connectivity index (χ1) is 8.66. The third-order valence-corrected chi connectivity index (χ3v) is 4.92. The van der Waals surface area contributed by atoms with Crippen molar-refractivity contribution in [1.82, 2.24) is 0 Å². The molecule has 1 heterocycles. The van der Waals surface area contributed by atoms with Crippen molar-refractivity contribution in [2.24, 2.45) is 5.92 Å². The van der Waals surface area contributed by atoms with Gasteiger partial charge in [-0.25, -0.2) is 0 Å². The molecule has 0 saturated carbocycles. The SMILES string of the molecule is Cc1cccc(C)c1CC(=O)CC1CCSCC1. The maximum Gasteiger partial charge on any atom is 0.137 e. The van der Waals surface area contributed by atoms with Crippen LogP contribution in [0.1, 0.15) is 36.0 Å². The van der Waals surface area contributed by atoms with Gasteiger partial charge < -0.3 is 0 Å². The maximum absolute atomic E-state index is 12.2. The number of carbonyl (C=O) groups is 1. The van der Waals surface area contributed by atoms with E-state index in [-0.39, 0.29) is 0 Å². The number of hydrogen-bond acceptors (Lipinski definition) is 2. The summed E-state index contributed by atoms with van der Waals surface area (Å²) in [7, 11) is 0. The first-order valence-electron chi connectivity index (χ1n) is 6.81. The molecule has 1 fully saturated rings. The van der Waals surface area contributed by atoms with E-state index in [1.807, 2.05) is 11.8 Å². The molecule has 0 amide bonds. The van der Waals surface area contributed by atoms with Gasteiger partial charge in [-0.15, -0.1) is 0 Å². The van der Waals surface area contributed by atoms with Gasteiger partial charge in [-0.3, -0.25) is 4.79 Å². The van der Waals surface area contributed by atoms with Crippen molar-refractivity contribution in [3.05, 3.63) is 34.9 Å². The molecule has 2 rings (SSSR count). The lowest BCUT2D eigenvalue weighted by Gasteiger charge is -2.20. The number of carbonyl (C=O) groups excluding carboxylic acids is 1. The van der Waals surface area contributed by atoms with Gasteiger partial charge in [0.15, 0.2) is 0 Å². The zero-order valence-electron chi connectivity index (χ0n) is 11.4. The van der Waals surface area contributed by atoms with E-state index < -0.39 is 0 Å². The average Bonchev–Trinajstić information content (AvgIpc) is 2.35. The molecule has 2 heteroatoms. The molecule has 0 spiro atoms. The lowest BCUT2D eigenvalue weighted by Crippen LogP contribution is -2.16. The number of hydrogen-bond donors (Lipinski definition) is 0. The van der Waals surface area contributed by atoms with E-state index in [1.165, 1.54) is 41.0 Å². The van der Waals surface area contributed by atoms with Gasteiger partial charge in [-0.1, -0.05) is 18.2 Å². The Bertz CT molecular complexity index is 399. The standard InChI is InChI=1S/C16H22OS/c1-12-4-3-5-13(2)16(12)11-15(17)10-14-6-8-18-9-7-14/h3-5,14H,6-11H2,1-2H3. The summed E-state index contributed by atoms with van der Waals surface area (Å²) in [5.41, 5.74) is 3.75. The van der Waals surface area contributed by atoms with Crippen molar-refractivity contribution in [2.75, 3.05) is 11.5 Å². The minimum atomic E-state index is 0.421. The summed E-state index contributed by atoms with van der Waals surface area (Å²) < 4.78 is 0. The van der Waals surface area contributed by atoms with Crippen molar-refractivity contribution in [3.63, 3.8) is 0 Å². The second kappa shape index (κ2) is 6.42. The van der Waals surface area contributed by atoms with Gasteiger partial charge in [-0.2, -0.15) is 11.8 Å². The summed E-state index contributed by atoms with van der Waals surface area (Å²) in [5, 5.41) is 0. The van der Waals surface area contributed by atoms with E-state index in [9.17, 15) is 4.79 Å². The van der Waals surface area contributed by atoms with E-state index in [1.54, 1.807) is 0 Å². The minimum Gasteiger partial charge on any atom is -0.299 e. The van der Waals surface area contributed by atoms with Crippen molar-refractivity contribution < 1.29 is 4.79 Å². The molecule has 0 aromatic heterocycles. The lowest BCUT2D eigenvalue weighted by molar-refractivity contribution is -0.119. The van der Waals surface area contributed by atoms with Gasteiger partial charge in [0.25, 0.3) is 0 Å². The maximum atomic E-state index is 12.2. The van der Waals surface area contributed by atoms with Crippen molar-refractivity contribution in [1.29, 1.82) is 0 Å². The third-order valence-electron chi connectivity index (χ3n) is 3.88. The molecule has 0 aliphatic carbocycles. The average molecular weight is 262 g/mol. The Morgan fingerprint density at radius 3 is 2.44 bits per heavy atom. The van der Waals surface area contributed by atoms with Crippen LogP contribution >= 0.6 is 11.8 Å². The molecule has 1 aliphatic heterocycles. The molecular weight excluding hydrogens is 240 g/mol. The second-order valence-corrected chi connectivity index (χ2v) is 6.57. The highest BCUT2D eigenvalue weighted by atomic mass is 32.2. The van der Waals surface area contributed by atoms with Crippen LogP contribution in [0, 0.1) is 19.8 Å². The summed E-state index contributed by atoms with van der Waals surface area (Å²) in [6.07, 6.45) is 3.86. The third kappa shape index (κ3) is 3.61. The number of ketones is 1. The first-order valence-corrected chi connectivity index (χ1v) is 7.97. The van der Waals surface area contributed by atoms with Crippen molar-refractivity contribution in [2.45, 2.75) is 39.5 Å². The number of thioether (sulfide) groups is 1. The molecule has 1 aromatic rings. The van der Waals surface area contributed by atoms with Crippen LogP contribution in [0.4, 0.5) is 0 Å². The summed E-state index contributed by atoms with van der Waals surface area (Å²) >= 11 is 2.02. The molecule has 0 unspecified atom stereocenters. The van der Waals surface area contributed by atoms with Gasteiger partial charge in [0, 0.05) is 12.8 Å². The molecule has 0 N–H and O–H groups in total. The zero-order valence-corrected chi connectivity index (χ0v) is 12.2. The molecule has 1 aliphatic rings. The van der Waals surface area contributed by atoms with Crippen molar-refractivity contribution in [3.8, 4) is 0 Å². The predicted octanol–water partition coefficient (Wildman–Crippen LogP) is 3.95. The molecule has 18 heavy (non-hydrogen) atoms. The molecule has 0 radical (unpaired) electrons. The zero-order chi connectivity index (χ0) is 13.0. The van der Waals surface area contributed by atoms with Crippen LogP contribution in [-0.4, -0.2) is 17.3 Å². The smallest absolute Gasteiger partial charge is 0.137 e. The van der Waals surface area contributed by atoms with Crippen LogP contribution in [-0.2, 0) is 11.2 Å². The highest BCUT2D eigenvalue weighted by molar-refractivity contribution is 7.99. The molecule has 0 bridgehead atoms. The van der Waals surface area contributed by atoms with Crippen LogP contribution in [0.3, 0.4) is 0 Å². The lowest BCUT2D eigenvalue weighted by atomic mass is 9.91. The largest absolute Gasteiger partial charge is 0.299 e. The predicted molar refractivity (Wildman–Crippen MR) is 79.3 cm³/mol. The van der Waals surface area contributed by atoms with Gasteiger partial charge in [-0.05, 0) is 60.8 Å². The Morgan fingerprint density at radius 1 is 1.22 bits per heavy atom. The monoisotopic (exact) mass is 262 g/mol. The van der Waals surface area contributed by atoms with Crippen LogP contribution in [0.5, 0.6) is 0 Å². The molecule has 0 atom stereocenters.